The summed E-state index contributed by atoms with van der Waals surface area (Å²) in [5.41, 5.74) is 0.471. The first-order valence-electron chi connectivity index (χ1n) is 8.27. The van der Waals surface area contributed by atoms with Crippen molar-refractivity contribution >= 4 is 5.91 Å². The first-order chi connectivity index (χ1) is 11.0. The second-order valence-electron chi connectivity index (χ2n) is 6.95. The maximum Gasteiger partial charge on any atom is 0.229 e. The molecule has 0 bridgehead atoms. The molecule has 2 aliphatic carbocycles. The summed E-state index contributed by atoms with van der Waals surface area (Å²) in [7, 11) is 1.62. The molecule has 1 atom stereocenters. The molecular formula is C18H24FNO3. The van der Waals surface area contributed by atoms with Crippen LogP contribution in [0.25, 0.3) is 0 Å². The van der Waals surface area contributed by atoms with Crippen molar-refractivity contribution in [2.75, 3.05) is 13.7 Å². The van der Waals surface area contributed by atoms with Crippen molar-refractivity contribution in [1.29, 1.82) is 0 Å². The number of rotatable bonds is 6. The van der Waals surface area contributed by atoms with Gasteiger partial charge < -0.3 is 15.2 Å². The Kier molecular flexibility index (Phi) is 4.69. The van der Waals surface area contributed by atoms with Crippen LogP contribution >= 0.6 is 0 Å². The number of amides is 1. The molecule has 1 aromatic carbocycles. The lowest BCUT2D eigenvalue weighted by atomic mass is 9.68. The number of aliphatic hydroxyl groups excluding tert-OH is 1. The normalized spacial score (nSPS) is 26.7. The number of carbonyl (C=O) groups is 1. The van der Waals surface area contributed by atoms with Crippen LogP contribution in [0.1, 0.15) is 43.7 Å². The third-order valence-electron chi connectivity index (χ3n) is 5.35. The predicted molar refractivity (Wildman–Crippen MR) is 84.2 cm³/mol. The number of hydrogen-bond donors (Lipinski definition) is 2. The lowest BCUT2D eigenvalue weighted by Crippen LogP contribution is -2.51. The Morgan fingerprint density at radius 3 is 2.52 bits per heavy atom. The number of ether oxygens (including phenoxy) is 1. The van der Waals surface area contributed by atoms with Gasteiger partial charge in [0.1, 0.15) is 5.82 Å². The second-order valence-corrected chi connectivity index (χ2v) is 6.95. The van der Waals surface area contributed by atoms with Gasteiger partial charge in [-0.25, -0.2) is 4.39 Å². The Bertz CT molecular complexity index is 550. The standard InChI is InChI=1S/C18H24FNO3/c1-23-11-18(7-2-8-18)17(22)20-16(13-9-15(21)10-13)12-3-5-14(19)6-4-12/h3-6,13,15-16,21H,2,7-11H2,1H3,(H,20,22)/t13?,15?,16-/m1/s1. The van der Waals surface area contributed by atoms with Gasteiger partial charge >= 0.3 is 0 Å². The van der Waals surface area contributed by atoms with Crippen LogP contribution in [0.2, 0.25) is 0 Å². The highest BCUT2D eigenvalue weighted by Crippen LogP contribution is 2.43. The van der Waals surface area contributed by atoms with Crippen LogP contribution in [-0.2, 0) is 9.53 Å². The molecule has 5 heteroatoms. The molecule has 2 N–H and O–H groups in total. The highest BCUT2D eigenvalue weighted by atomic mass is 19.1. The highest BCUT2D eigenvalue weighted by molar-refractivity contribution is 5.84. The van der Waals surface area contributed by atoms with Gasteiger partial charge in [-0.2, -0.15) is 0 Å². The molecule has 0 aliphatic heterocycles. The molecule has 0 unspecified atom stereocenters. The minimum Gasteiger partial charge on any atom is -0.393 e. The molecule has 3 rings (SSSR count). The molecule has 0 saturated heterocycles. The zero-order valence-corrected chi connectivity index (χ0v) is 13.4. The Morgan fingerprint density at radius 2 is 2.04 bits per heavy atom. The Hall–Kier alpha value is -1.46. The van der Waals surface area contributed by atoms with Crippen LogP contribution in [0.3, 0.4) is 0 Å². The van der Waals surface area contributed by atoms with Crippen molar-refractivity contribution in [3.63, 3.8) is 0 Å². The maximum absolute atomic E-state index is 13.2. The average Bonchev–Trinajstić information content (AvgIpc) is 2.46. The Labute approximate surface area is 136 Å². The van der Waals surface area contributed by atoms with Crippen LogP contribution in [0.5, 0.6) is 0 Å². The summed E-state index contributed by atoms with van der Waals surface area (Å²) in [6.07, 6.45) is 3.77. The molecule has 1 aromatic rings. The van der Waals surface area contributed by atoms with E-state index in [1.165, 1.54) is 12.1 Å². The lowest BCUT2D eigenvalue weighted by Gasteiger charge is -2.43. The molecule has 0 radical (unpaired) electrons. The topological polar surface area (TPSA) is 58.6 Å². The van der Waals surface area contributed by atoms with Gasteiger partial charge in [-0.15, -0.1) is 0 Å². The number of benzene rings is 1. The Balaban J connectivity index is 1.76. The fourth-order valence-electron chi connectivity index (χ4n) is 3.66. The van der Waals surface area contributed by atoms with Crippen LogP contribution in [0.4, 0.5) is 4.39 Å². The van der Waals surface area contributed by atoms with Gasteiger partial charge in [0.15, 0.2) is 0 Å². The van der Waals surface area contributed by atoms with E-state index in [1.807, 2.05) is 0 Å². The van der Waals surface area contributed by atoms with Gasteiger partial charge in [-0.3, -0.25) is 4.79 Å². The Morgan fingerprint density at radius 1 is 1.39 bits per heavy atom. The molecule has 2 saturated carbocycles. The minimum absolute atomic E-state index is 0.0151. The van der Waals surface area contributed by atoms with Crippen molar-refractivity contribution < 1.29 is 19.0 Å². The molecule has 0 spiro atoms. The summed E-state index contributed by atoms with van der Waals surface area (Å²) in [5, 5.41) is 12.8. The van der Waals surface area contributed by atoms with Gasteiger partial charge in [0.05, 0.1) is 24.2 Å². The quantitative estimate of drug-likeness (QED) is 0.846. The molecule has 126 valence electrons. The fraction of sp³-hybridized carbons (Fsp3) is 0.611. The summed E-state index contributed by atoms with van der Waals surface area (Å²) >= 11 is 0. The zero-order valence-electron chi connectivity index (χ0n) is 13.4. The van der Waals surface area contributed by atoms with Crippen molar-refractivity contribution in [2.45, 2.75) is 44.2 Å². The van der Waals surface area contributed by atoms with E-state index >= 15 is 0 Å². The first-order valence-corrected chi connectivity index (χ1v) is 8.27. The molecule has 4 nitrogen and oxygen atoms in total. The average molecular weight is 321 g/mol. The summed E-state index contributed by atoms with van der Waals surface area (Å²) in [4.78, 5) is 12.8. The fourth-order valence-corrected chi connectivity index (χ4v) is 3.66. The second kappa shape index (κ2) is 6.57. The lowest BCUT2D eigenvalue weighted by molar-refractivity contribution is -0.142. The molecule has 1 amide bonds. The van der Waals surface area contributed by atoms with E-state index < -0.39 is 5.41 Å². The minimum atomic E-state index is -0.421. The van der Waals surface area contributed by atoms with Gasteiger partial charge in [0.2, 0.25) is 5.91 Å². The third kappa shape index (κ3) is 3.26. The largest absolute Gasteiger partial charge is 0.393 e. The number of nitrogens with one attached hydrogen (secondary N) is 1. The van der Waals surface area contributed by atoms with Gasteiger partial charge in [-0.1, -0.05) is 18.6 Å². The molecule has 0 aromatic heterocycles. The molecule has 0 heterocycles. The number of carbonyl (C=O) groups excluding carboxylic acids is 1. The first kappa shape index (κ1) is 16.4. The van der Waals surface area contributed by atoms with E-state index in [0.29, 0.717) is 19.4 Å². The van der Waals surface area contributed by atoms with E-state index in [4.69, 9.17) is 4.74 Å². The number of aliphatic hydroxyl groups is 1. The number of hydrogen-bond acceptors (Lipinski definition) is 3. The van der Waals surface area contributed by atoms with Crippen LogP contribution in [0, 0.1) is 17.2 Å². The van der Waals surface area contributed by atoms with Gasteiger partial charge in [-0.05, 0) is 49.3 Å². The van der Waals surface area contributed by atoms with Crippen molar-refractivity contribution in [2.24, 2.45) is 11.3 Å². The van der Waals surface area contributed by atoms with E-state index in [0.717, 1.165) is 24.8 Å². The third-order valence-corrected chi connectivity index (χ3v) is 5.35. The van der Waals surface area contributed by atoms with E-state index in [9.17, 15) is 14.3 Å². The summed E-state index contributed by atoms with van der Waals surface area (Å²) in [5.74, 6) is -0.0808. The van der Waals surface area contributed by atoms with Crippen LogP contribution < -0.4 is 5.32 Å². The van der Waals surface area contributed by atoms with E-state index in [1.54, 1.807) is 19.2 Å². The highest BCUT2D eigenvalue weighted by Gasteiger charge is 2.46. The SMILES string of the molecule is COCC1(C(=O)N[C@H](c2ccc(F)cc2)C2CC(O)C2)CCC1. The van der Waals surface area contributed by atoms with Gasteiger partial charge in [0, 0.05) is 7.11 Å². The van der Waals surface area contributed by atoms with Crippen LogP contribution in [-0.4, -0.2) is 30.8 Å². The smallest absolute Gasteiger partial charge is 0.229 e. The predicted octanol–water partition coefficient (Wildman–Crippen LogP) is 2.57. The summed E-state index contributed by atoms with van der Waals surface area (Å²) in [6, 6.07) is 6.08. The van der Waals surface area contributed by atoms with E-state index in [-0.39, 0.29) is 29.8 Å². The number of halogens is 1. The molecule has 2 fully saturated rings. The van der Waals surface area contributed by atoms with Crippen LogP contribution in [0.15, 0.2) is 24.3 Å². The molecular weight excluding hydrogens is 297 g/mol. The summed E-state index contributed by atoms with van der Waals surface area (Å²) < 4.78 is 18.4. The van der Waals surface area contributed by atoms with Crippen molar-refractivity contribution in [3.8, 4) is 0 Å². The molecule has 23 heavy (non-hydrogen) atoms. The summed E-state index contributed by atoms with van der Waals surface area (Å²) in [6.45, 7) is 0.433. The van der Waals surface area contributed by atoms with E-state index in [2.05, 4.69) is 5.32 Å². The van der Waals surface area contributed by atoms with Gasteiger partial charge in [0.25, 0.3) is 0 Å². The zero-order chi connectivity index (χ0) is 16.4. The monoisotopic (exact) mass is 321 g/mol. The number of methoxy groups -OCH3 is 1. The van der Waals surface area contributed by atoms with Crippen molar-refractivity contribution in [3.05, 3.63) is 35.6 Å². The maximum atomic E-state index is 13.2. The molecule has 2 aliphatic rings. The van der Waals surface area contributed by atoms with Crippen molar-refractivity contribution in [1.82, 2.24) is 5.32 Å².